The second-order valence-electron chi connectivity index (χ2n) is 9.77. The maximum Gasteiger partial charge on any atom is 0.391 e. The molecule has 188 valence electrons. The van der Waals surface area contributed by atoms with Crippen molar-refractivity contribution in [2.24, 2.45) is 5.92 Å². The van der Waals surface area contributed by atoms with Crippen molar-refractivity contribution in [1.29, 1.82) is 0 Å². The monoisotopic (exact) mass is 489 g/mol. The minimum Gasteiger partial charge on any atom is -0.367 e. The van der Waals surface area contributed by atoms with Gasteiger partial charge in [0.25, 0.3) is 0 Å². The summed E-state index contributed by atoms with van der Waals surface area (Å²) >= 11 is 0. The number of aryl methyl sites for hydroxylation is 2. The quantitative estimate of drug-likeness (QED) is 0.518. The molecule has 0 aromatic carbocycles. The first-order valence-electron chi connectivity index (χ1n) is 12.2. The number of alkyl halides is 3. The van der Waals surface area contributed by atoms with Crippen molar-refractivity contribution in [3.05, 3.63) is 35.5 Å². The van der Waals surface area contributed by atoms with Crippen LogP contribution >= 0.6 is 0 Å². The van der Waals surface area contributed by atoms with Crippen LogP contribution in [0.4, 0.5) is 19.1 Å². The summed E-state index contributed by atoms with van der Waals surface area (Å²) in [6.45, 7) is 7.43. The first-order chi connectivity index (χ1) is 16.7. The minimum absolute atomic E-state index is 0.0358. The lowest BCUT2D eigenvalue weighted by atomic mass is 9.85. The number of rotatable bonds is 3. The molecule has 3 aromatic rings. The summed E-state index contributed by atoms with van der Waals surface area (Å²) in [4.78, 5) is 20.5. The standard InChI is InChI=1S/C19H23N7O.C5H7F3/c1-11-8-25(10-17(27-11)14-6-21-26(9-14)15-4-5-15)19-20-7-16-18(24-19)23-13(3)12(2)22-16;6-5(7,8)4-2-1-3-4/h6-7,9,11,15,17H,4-5,8,10H2,1-3H3;4H,1-3H2/t11-,17+;/m0./s1. The molecular weight excluding hydrogens is 459 g/mol. The van der Waals surface area contributed by atoms with Crippen molar-refractivity contribution >= 4 is 17.1 Å². The highest BCUT2D eigenvalue weighted by atomic mass is 19.4. The van der Waals surface area contributed by atoms with E-state index < -0.39 is 12.1 Å². The summed E-state index contributed by atoms with van der Waals surface area (Å²) in [6, 6.07) is 0.574. The zero-order valence-electron chi connectivity index (χ0n) is 20.2. The van der Waals surface area contributed by atoms with Crippen LogP contribution in [0.3, 0.4) is 0 Å². The Morgan fingerprint density at radius 1 is 0.971 bits per heavy atom. The fourth-order valence-electron chi connectivity index (χ4n) is 4.26. The SMILES string of the molecule is Cc1nc2cnc(N3C[C@H](C)O[C@@H](c4cnn(C5CC5)c4)C3)nc2nc1C.FC(F)(F)C1CCC1. The van der Waals surface area contributed by atoms with E-state index >= 15 is 0 Å². The first-order valence-corrected chi connectivity index (χ1v) is 12.2. The Labute approximate surface area is 201 Å². The molecule has 3 aliphatic rings. The van der Waals surface area contributed by atoms with E-state index in [0.29, 0.717) is 37.0 Å². The molecule has 3 aromatic heterocycles. The van der Waals surface area contributed by atoms with E-state index in [9.17, 15) is 13.2 Å². The molecule has 0 unspecified atom stereocenters. The van der Waals surface area contributed by atoms with Crippen molar-refractivity contribution in [2.45, 2.75) is 77.3 Å². The van der Waals surface area contributed by atoms with E-state index in [4.69, 9.17) is 4.74 Å². The molecule has 6 rings (SSSR count). The summed E-state index contributed by atoms with van der Waals surface area (Å²) in [5, 5.41) is 4.50. The lowest BCUT2D eigenvalue weighted by Gasteiger charge is -2.36. The highest BCUT2D eigenvalue weighted by molar-refractivity contribution is 5.70. The number of morpholine rings is 1. The van der Waals surface area contributed by atoms with Gasteiger partial charge in [-0.15, -0.1) is 0 Å². The Morgan fingerprint density at radius 2 is 1.71 bits per heavy atom. The third-order valence-corrected chi connectivity index (χ3v) is 6.85. The third-order valence-electron chi connectivity index (χ3n) is 6.85. The molecule has 2 aliphatic carbocycles. The Hall–Kier alpha value is -2.82. The van der Waals surface area contributed by atoms with E-state index in [1.807, 2.05) is 20.0 Å². The van der Waals surface area contributed by atoms with Crippen LogP contribution in [0.2, 0.25) is 0 Å². The predicted octanol–water partition coefficient (Wildman–Crippen LogP) is 4.88. The van der Waals surface area contributed by atoms with E-state index in [2.05, 4.69) is 47.7 Å². The fourth-order valence-corrected chi connectivity index (χ4v) is 4.26. The van der Waals surface area contributed by atoms with Crippen LogP contribution in [-0.4, -0.2) is 55.1 Å². The zero-order chi connectivity index (χ0) is 24.7. The van der Waals surface area contributed by atoms with Crippen molar-refractivity contribution in [3.8, 4) is 0 Å². The second-order valence-corrected chi connectivity index (χ2v) is 9.77. The average molecular weight is 490 g/mol. The third kappa shape index (κ3) is 5.39. The molecule has 0 bridgehead atoms. The summed E-state index contributed by atoms with van der Waals surface area (Å²) < 4.78 is 42.7. The van der Waals surface area contributed by atoms with E-state index in [1.165, 1.54) is 12.8 Å². The van der Waals surface area contributed by atoms with Crippen LogP contribution in [0.15, 0.2) is 18.6 Å². The molecule has 0 amide bonds. The number of hydrogen-bond donors (Lipinski definition) is 0. The maximum atomic E-state index is 11.5. The summed E-state index contributed by atoms with van der Waals surface area (Å²) in [7, 11) is 0. The van der Waals surface area contributed by atoms with Crippen LogP contribution in [0, 0.1) is 19.8 Å². The first kappa shape index (κ1) is 23.9. The molecule has 2 saturated carbocycles. The van der Waals surface area contributed by atoms with Gasteiger partial charge in [-0.25, -0.2) is 15.0 Å². The van der Waals surface area contributed by atoms with Crippen molar-refractivity contribution in [1.82, 2.24) is 29.7 Å². The Kier molecular flexibility index (Phi) is 6.37. The molecule has 2 atom stereocenters. The summed E-state index contributed by atoms with van der Waals surface area (Å²) in [5.74, 6) is -0.294. The van der Waals surface area contributed by atoms with Gasteiger partial charge in [0.05, 0.1) is 48.4 Å². The maximum absolute atomic E-state index is 11.5. The molecule has 35 heavy (non-hydrogen) atoms. The number of anilines is 1. The molecule has 4 heterocycles. The molecule has 1 aliphatic heterocycles. The van der Waals surface area contributed by atoms with Gasteiger partial charge in [0, 0.05) is 18.3 Å². The lowest BCUT2D eigenvalue weighted by molar-refractivity contribution is -0.193. The van der Waals surface area contributed by atoms with Gasteiger partial charge in [-0.05, 0) is 46.5 Å². The summed E-state index contributed by atoms with van der Waals surface area (Å²) in [6.07, 6.45) is 5.85. The number of fused-ring (bicyclic) bond motifs is 1. The van der Waals surface area contributed by atoms with Gasteiger partial charge >= 0.3 is 6.18 Å². The molecule has 8 nitrogen and oxygen atoms in total. The van der Waals surface area contributed by atoms with Gasteiger partial charge in [-0.1, -0.05) is 6.42 Å². The Balaban J connectivity index is 0.000000271. The van der Waals surface area contributed by atoms with Gasteiger partial charge in [0.2, 0.25) is 5.95 Å². The van der Waals surface area contributed by atoms with Crippen LogP contribution < -0.4 is 4.90 Å². The van der Waals surface area contributed by atoms with Gasteiger partial charge in [0.15, 0.2) is 5.65 Å². The van der Waals surface area contributed by atoms with E-state index in [1.54, 1.807) is 6.20 Å². The minimum atomic E-state index is -3.90. The number of hydrogen-bond acceptors (Lipinski definition) is 7. The smallest absolute Gasteiger partial charge is 0.367 e. The number of ether oxygens (including phenoxy) is 1. The number of halogens is 3. The molecule has 0 radical (unpaired) electrons. The number of aromatic nitrogens is 6. The van der Waals surface area contributed by atoms with E-state index in [0.717, 1.165) is 35.4 Å². The van der Waals surface area contributed by atoms with Gasteiger partial charge in [-0.2, -0.15) is 23.3 Å². The van der Waals surface area contributed by atoms with Gasteiger partial charge in [0.1, 0.15) is 11.6 Å². The highest BCUT2D eigenvalue weighted by Crippen LogP contribution is 2.40. The lowest BCUT2D eigenvalue weighted by Crippen LogP contribution is -2.43. The molecule has 0 spiro atoms. The predicted molar refractivity (Wildman–Crippen MR) is 124 cm³/mol. The average Bonchev–Trinajstić information content (AvgIpc) is 3.48. The van der Waals surface area contributed by atoms with E-state index in [-0.39, 0.29) is 12.2 Å². The molecule has 11 heteroatoms. The summed E-state index contributed by atoms with van der Waals surface area (Å²) in [5.41, 5.74) is 4.29. The molecular formula is C24H30F3N7O. The largest absolute Gasteiger partial charge is 0.391 e. The Morgan fingerprint density at radius 3 is 2.34 bits per heavy atom. The number of nitrogens with zero attached hydrogens (tertiary/aromatic N) is 7. The molecule has 3 fully saturated rings. The Bertz CT molecular complexity index is 1190. The van der Waals surface area contributed by atoms with Crippen LogP contribution in [0.25, 0.3) is 11.2 Å². The van der Waals surface area contributed by atoms with Crippen LogP contribution in [-0.2, 0) is 4.74 Å². The van der Waals surface area contributed by atoms with Crippen molar-refractivity contribution in [2.75, 3.05) is 18.0 Å². The van der Waals surface area contributed by atoms with Gasteiger partial charge < -0.3 is 9.64 Å². The van der Waals surface area contributed by atoms with Crippen LogP contribution in [0.1, 0.15) is 68.1 Å². The van der Waals surface area contributed by atoms with Crippen molar-refractivity contribution in [3.63, 3.8) is 0 Å². The normalized spacial score (nSPS) is 23.1. The fraction of sp³-hybridized carbons (Fsp3) is 0.625. The second kappa shape index (κ2) is 9.33. The van der Waals surface area contributed by atoms with Gasteiger partial charge in [-0.3, -0.25) is 4.68 Å². The molecule has 0 N–H and O–H groups in total. The topological polar surface area (TPSA) is 81.9 Å². The molecule has 1 saturated heterocycles. The highest BCUT2D eigenvalue weighted by Gasteiger charge is 2.42. The zero-order valence-corrected chi connectivity index (χ0v) is 20.2. The van der Waals surface area contributed by atoms with Crippen LogP contribution in [0.5, 0.6) is 0 Å². The van der Waals surface area contributed by atoms with Crippen molar-refractivity contribution < 1.29 is 17.9 Å².